The number of aromatic amines is 1. The fraction of sp³-hybridized carbons (Fsp3) is 0.524. The Balaban J connectivity index is 1.75. The lowest BCUT2D eigenvalue weighted by Crippen LogP contribution is -2.37. The van der Waals surface area contributed by atoms with Crippen molar-refractivity contribution in [3.05, 3.63) is 34.5 Å². The molecule has 0 aromatic carbocycles. The lowest BCUT2D eigenvalue weighted by atomic mass is 9.90. The van der Waals surface area contributed by atoms with E-state index in [1.54, 1.807) is 6.20 Å². The average Bonchev–Trinajstić information content (AvgIpc) is 3.17. The Morgan fingerprint density at radius 3 is 2.86 bits per heavy atom. The number of nitrogens with one attached hydrogen (secondary N) is 2. The minimum absolute atomic E-state index is 0.0251. The molecule has 1 aliphatic carbocycles. The number of rotatable bonds is 5. The Labute approximate surface area is 163 Å². The van der Waals surface area contributed by atoms with E-state index in [1.165, 1.54) is 0 Å². The summed E-state index contributed by atoms with van der Waals surface area (Å²) < 4.78 is 1.99. The number of hydrogen-bond donors (Lipinski definition) is 2. The van der Waals surface area contributed by atoms with Crippen LogP contribution in [0.2, 0.25) is 0 Å². The van der Waals surface area contributed by atoms with Gasteiger partial charge < -0.3 is 14.9 Å². The van der Waals surface area contributed by atoms with Crippen LogP contribution < -0.4 is 10.9 Å². The van der Waals surface area contributed by atoms with Gasteiger partial charge in [0.1, 0.15) is 16.9 Å². The van der Waals surface area contributed by atoms with Crippen LogP contribution in [0.3, 0.4) is 0 Å². The molecule has 0 radical (unpaired) electrons. The van der Waals surface area contributed by atoms with Gasteiger partial charge >= 0.3 is 0 Å². The van der Waals surface area contributed by atoms with Crippen LogP contribution in [-0.2, 0) is 0 Å². The standard InChI is InChI=1S/C21H26N6O/c1-13(2)18-21(28)27(15-6-4-14(5-7-15)23-10-3-9-22)19-16-8-11-24-20(16)25-12-17(19)26-18/h8,11-15,23H,3-7,10H2,1-2H3,(H,24,25)/t14-,15-. The minimum Gasteiger partial charge on any atom is -0.346 e. The molecule has 0 unspecified atom stereocenters. The third-order valence-corrected chi connectivity index (χ3v) is 5.74. The number of hydrogen-bond acceptors (Lipinski definition) is 5. The Bertz CT molecular complexity index is 1080. The Morgan fingerprint density at radius 1 is 1.36 bits per heavy atom. The number of nitrogens with zero attached hydrogens (tertiary/aromatic N) is 4. The first-order valence-electron chi connectivity index (χ1n) is 10.1. The fourth-order valence-corrected chi connectivity index (χ4v) is 4.32. The third kappa shape index (κ3) is 3.29. The lowest BCUT2D eigenvalue weighted by molar-refractivity contribution is 0.292. The van der Waals surface area contributed by atoms with Crippen LogP contribution in [0.1, 0.15) is 63.6 Å². The van der Waals surface area contributed by atoms with Gasteiger partial charge in [-0.15, -0.1) is 0 Å². The predicted octanol–water partition coefficient (Wildman–Crippen LogP) is 3.38. The zero-order chi connectivity index (χ0) is 19.7. The molecule has 7 heteroatoms. The number of aromatic nitrogens is 4. The maximum Gasteiger partial charge on any atom is 0.273 e. The molecule has 1 aliphatic rings. The van der Waals surface area contributed by atoms with Gasteiger partial charge in [0.2, 0.25) is 0 Å². The molecule has 2 N–H and O–H groups in total. The van der Waals surface area contributed by atoms with Crippen LogP contribution in [0.15, 0.2) is 23.3 Å². The van der Waals surface area contributed by atoms with Crippen LogP contribution in [0.5, 0.6) is 0 Å². The van der Waals surface area contributed by atoms with E-state index in [0.29, 0.717) is 18.2 Å². The molecule has 3 heterocycles. The van der Waals surface area contributed by atoms with Gasteiger partial charge in [0.15, 0.2) is 0 Å². The molecule has 0 bridgehead atoms. The lowest BCUT2D eigenvalue weighted by Gasteiger charge is -2.31. The number of nitriles is 1. The Hall–Kier alpha value is -2.72. The van der Waals surface area contributed by atoms with Crippen molar-refractivity contribution < 1.29 is 0 Å². The molecule has 4 rings (SSSR count). The van der Waals surface area contributed by atoms with Gasteiger partial charge in [0.05, 0.1) is 17.8 Å². The quantitative estimate of drug-likeness (QED) is 0.663. The van der Waals surface area contributed by atoms with E-state index in [4.69, 9.17) is 5.26 Å². The van der Waals surface area contributed by atoms with Gasteiger partial charge in [0.25, 0.3) is 5.56 Å². The van der Waals surface area contributed by atoms with Gasteiger partial charge in [-0.25, -0.2) is 9.97 Å². The van der Waals surface area contributed by atoms with E-state index in [0.717, 1.165) is 54.3 Å². The van der Waals surface area contributed by atoms with Crippen molar-refractivity contribution in [3.63, 3.8) is 0 Å². The monoisotopic (exact) mass is 378 g/mol. The first-order valence-corrected chi connectivity index (χ1v) is 10.1. The zero-order valence-corrected chi connectivity index (χ0v) is 16.4. The van der Waals surface area contributed by atoms with Gasteiger partial charge in [-0.3, -0.25) is 4.79 Å². The van der Waals surface area contributed by atoms with E-state index < -0.39 is 0 Å². The summed E-state index contributed by atoms with van der Waals surface area (Å²) in [4.78, 5) is 25.7. The predicted molar refractivity (Wildman–Crippen MR) is 109 cm³/mol. The smallest absolute Gasteiger partial charge is 0.273 e. The second kappa shape index (κ2) is 7.72. The first kappa shape index (κ1) is 18.6. The molecule has 3 aromatic rings. The van der Waals surface area contributed by atoms with Gasteiger partial charge in [-0.05, 0) is 31.7 Å². The highest BCUT2D eigenvalue weighted by molar-refractivity contribution is 6.00. The number of H-pyrrole nitrogens is 1. The van der Waals surface area contributed by atoms with Crippen molar-refractivity contribution in [1.29, 1.82) is 5.26 Å². The second-order valence-corrected chi connectivity index (χ2v) is 7.93. The van der Waals surface area contributed by atoms with Gasteiger partial charge in [-0.2, -0.15) is 5.26 Å². The van der Waals surface area contributed by atoms with Crippen molar-refractivity contribution in [2.24, 2.45) is 0 Å². The van der Waals surface area contributed by atoms with Crippen molar-refractivity contribution >= 4 is 22.1 Å². The summed E-state index contributed by atoms with van der Waals surface area (Å²) in [6, 6.07) is 4.74. The summed E-state index contributed by atoms with van der Waals surface area (Å²) in [5.74, 6) is 0.0639. The van der Waals surface area contributed by atoms with E-state index in [9.17, 15) is 4.79 Å². The molecule has 0 amide bonds. The van der Waals surface area contributed by atoms with Gasteiger partial charge in [0, 0.05) is 42.6 Å². The highest BCUT2D eigenvalue weighted by atomic mass is 16.1. The Kier molecular flexibility index (Phi) is 5.14. The van der Waals surface area contributed by atoms with Crippen molar-refractivity contribution in [2.75, 3.05) is 6.54 Å². The molecule has 3 aromatic heterocycles. The molecular weight excluding hydrogens is 352 g/mol. The molecule has 7 nitrogen and oxygen atoms in total. The maximum atomic E-state index is 13.4. The van der Waals surface area contributed by atoms with E-state index >= 15 is 0 Å². The molecule has 0 atom stereocenters. The van der Waals surface area contributed by atoms with Gasteiger partial charge in [-0.1, -0.05) is 13.8 Å². The van der Waals surface area contributed by atoms with Crippen molar-refractivity contribution in [3.8, 4) is 6.07 Å². The highest BCUT2D eigenvalue weighted by Crippen LogP contribution is 2.32. The maximum absolute atomic E-state index is 13.4. The van der Waals surface area contributed by atoms with E-state index in [1.807, 2.05) is 30.7 Å². The third-order valence-electron chi connectivity index (χ3n) is 5.74. The molecular formula is C21H26N6O. The van der Waals surface area contributed by atoms with E-state index in [-0.39, 0.29) is 17.5 Å². The fourth-order valence-electron chi connectivity index (χ4n) is 4.32. The second-order valence-electron chi connectivity index (χ2n) is 7.93. The van der Waals surface area contributed by atoms with Crippen LogP contribution in [-0.4, -0.2) is 32.1 Å². The molecule has 1 saturated carbocycles. The summed E-state index contributed by atoms with van der Waals surface area (Å²) in [6.07, 6.45) is 8.05. The summed E-state index contributed by atoms with van der Waals surface area (Å²) >= 11 is 0. The molecule has 0 saturated heterocycles. The van der Waals surface area contributed by atoms with E-state index in [2.05, 4.69) is 26.3 Å². The summed E-state index contributed by atoms with van der Waals surface area (Å²) in [6.45, 7) is 4.76. The zero-order valence-electron chi connectivity index (χ0n) is 16.4. The first-order chi connectivity index (χ1) is 13.6. The minimum atomic E-state index is 0.0251. The number of pyridine rings is 1. The largest absolute Gasteiger partial charge is 0.346 e. The summed E-state index contributed by atoms with van der Waals surface area (Å²) in [5.41, 5.74) is 3.09. The topological polar surface area (TPSA) is 99.4 Å². The molecule has 1 fully saturated rings. The van der Waals surface area contributed by atoms with Crippen LogP contribution >= 0.6 is 0 Å². The number of fused-ring (bicyclic) bond motifs is 3. The molecule has 28 heavy (non-hydrogen) atoms. The Morgan fingerprint density at radius 2 is 2.14 bits per heavy atom. The van der Waals surface area contributed by atoms with Crippen LogP contribution in [0.25, 0.3) is 22.1 Å². The van der Waals surface area contributed by atoms with Crippen molar-refractivity contribution in [2.45, 2.75) is 64.0 Å². The highest BCUT2D eigenvalue weighted by Gasteiger charge is 2.26. The molecule has 0 spiro atoms. The SMILES string of the molecule is CC(C)c1nc2cnc3[nH]ccc3c2n([C@H]2CC[C@H](NCCC#N)CC2)c1=O. The summed E-state index contributed by atoms with van der Waals surface area (Å²) in [7, 11) is 0. The average molecular weight is 378 g/mol. The van der Waals surface area contributed by atoms with Crippen molar-refractivity contribution in [1.82, 2.24) is 24.8 Å². The van der Waals surface area contributed by atoms with Crippen LogP contribution in [0, 0.1) is 11.3 Å². The molecule has 146 valence electrons. The normalized spacial score (nSPS) is 20.1. The molecule has 0 aliphatic heterocycles. The summed E-state index contributed by atoms with van der Waals surface area (Å²) in [5, 5.41) is 13.1. The van der Waals surface area contributed by atoms with Crippen LogP contribution in [0.4, 0.5) is 0 Å².